The number of phenolic OH excluding ortho intramolecular Hbond substituents is 1. The summed E-state index contributed by atoms with van der Waals surface area (Å²) in [5, 5.41) is 9.34. The van der Waals surface area contributed by atoms with Crippen molar-refractivity contribution < 1.29 is 14.7 Å². The van der Waals surface area contributed by atoms with E-state index in [4.69, 9.17) is 5.73 Å². The van der Waals surface area contributed by atoms with Crippen LogP contribution in [0.2, 0.25) is 0 Å². The predicted octanol–water partition coefficient (Wildman–Crippen LogP) is 0.264. The Morgan fingerprint density at radius 1 is 1.53 bits per heavy atom. The summed E-state index contributed by atoms with van der Waals surface area (Å²) in [6.45, 7) is 2.06. The number of fused-ring (bicyclic) bond motifs is 1. The lowest BCUT2D eigenvalue weighted by atomic mass is 9.97. The largest absolute Gasteiger partial charge is 0.508 e. The summed E-state index contributed by atoms with van der Waals surface area (Å²) in [7, 11) is 0. The molecule has 5 nitrogen and oxygen atoms in total. The van der Waals surface area contributed by atoms with Gasteiger partial charge in [0.2, 0.25) is 5.91 Å². The number of hydrogen-bond donors (Lipinski definition) is 2. The van der Waals surface area contributed by atoms with Gasteiger partial charge in [-0.2, -0.15) is 0 Å². The lowest BCUT2D eigenvalue weighted by Crippen LogP contribution is -2.49. The zero-order chi connectivity index (χ0) is 12.6. The van der Waals surface area contributed by atoms with E-state index in [1.165, 1.54) is 11.0 Å². The van der Waals surface area contributed by atoms with E-state index in [1.54, 1.807) is 19.1 Å². The highest BCUT2D eigenvalue weighted by Crippen LogP contribution is 2.24. The van der Waals surface area contributed by atoms with Crippen molar-refractivity contribution in [1.82, 2.24) is 4.90 Å². The highest BCUT2D eigenvalue weighted by atomic mass is 16.3. The molecule has 5 heteroatoms. The second-order valence-corrected chi connectivity index (χ2v) is 4.17. The topological polar surface area (TPSA) is 83.6 Å². The monoisotopic (exact) mass is 234 g/mol. The maximum Gasteiger partial charge on any atom is 0.254 e. The second-order valence-electron chi connectivity index (χ2n) is 4.17. The highest BCUT2D eigenvalue weighted by molar-refractivity contribution is 5.99. The molecule has 0 fully saturated rings. The molecule has 0 aromatic heterocycles. The van der Waals surface area contributed by atoms with E-state index < -0.39 is 11.9 Å². The molecule has 90 valence electrons. The van der Waals surface area contributed by atoms with Crippen molar-refractivity contribution in [2.45, 2.75) is 19.4 Å². The minimum Gasteiger partial charge on any atom is -0.508 e. The number of carbonyl (C=O) groups excluding carboxylic acids is 2. The summed E-state index contributed by atoms with van der Waals surface area (Å²) in [6, 6.07) is 4.02. The van der Waals surface area contributed by atoms with Gasteiger partial charge in [0.15, 0.2) is 0 Å². The molecule has 1 unspecified atom stereocenters. The van der Waals surface area contributed by atoms with Crippen LogP contribution in [0.1, 0.15) is 22.8 Å². The SMILES string of the molecule is CC(C(N)=O)N1CCc2cc(O)ccc2C1=O. The van der Waals surface area contributed by atoms with Gasteiger partial charge in [-0.1, -0.05) is 0 Å². The number of carbonyl (C=O) groups is 2. The molecule has 0 aliphatic carbocycles. The Balaban J connectivity index is 2.33. The van der Waals surface area contributed by atoms with Gasteiger partial charge in [-0.15, -0.1) is 0 Å². The molecule has 1 atom stereocenters. The smallest absolute Gasteiger partial charge is 0.254 e. The fourth-order valence-corrected chi connectivity index (χ4v) is 2.02. The zero-order valence-electron chi connectivity index (χ0n) is 9.51. The van der Waals surface area contributed by atoms with E-state index in [0.29, 0.717) is 18.5 Å². The number of primary amides is 1. The van der Waals surface area contributed by atoms with Crippen molar-refractivity contribution in [2.75, 3.05) is 6.54 Å². The number of phenols is 1. The van der Waals surface area contributed by atoms with Crippen LogP contribution in [-0.4, -0.2) is 34.4 Å². The molecule has 0 bridgehead atoms. The van der Waals surface area contributed by atoms with Crippen LogP contribution >= 0.6 is 0 Å². The Kier molecular flexibility index (Phi) is 2.75. The van der Waals surface area contributed by atoms with Crippen molar-refractivity contribution in [3.63, 3.8) is 0 Å². The predicted molar refractivity (Wildman–Crippen MR) is 61.5 cm³/mol. The van der Waals surface area contributed by atoms with E-state index in [2.05, 4.69) is 0 Å². The van der Waals surface area contributed by atoms with Crippen LogP contribution in [0.5, 0.6) is 5.75 Å². The van der Waals surface area contributed by atoms with E-state index in [0.717, 1.165) is 5.56 Å². The molecule has 1 aliphatic rings. The summed E-state index contributed by atoms with van der Waals surface area (Å²) in [4.78, 5) is 24.7. The molecule has 3 N–H and O–H groups in total. The van der Waals surface area contributed by atoms with E-state index in [-0.39, 0.29) is 11.7 Å². The quantitative estimate of drug-likeness (QED) is 0.770. The Morgan fingerprint density at radius 3 is 2.88 bits per heavy atom. The molecule has 1 aliphatic heterocycles. The number of amides is 2. The minimum absolute atomic E-state index is 0.146. The second kappa shape index (κ2) is 4.08. The Hall–Kier alpha value is -2.04. The van der Waals surface area contributed by atoms with Crippen LogP contribution in [0.25, 0.3) is 0 Å². The summed E-state index contributed by atoms with van der Waals surface area (Å²) in [5.74, 6) is -0.578. The first kappa shape index (κ1) is 11.4. The summed E-state index contributed by atoms with van der Waals surface area (Å²) < 4.78 is 0. The van der Waals surface area contributed by atoms with Crippen LogP contribution in [-0.2, 0) is 11.2 Å². The molecule has 1 heterocycles. The molecule has 17 heavy (non-hydrogen) atoms. The summed E-state index contributed by atoms with van der Waals surface area (Å²) in [6.07, 6.45) is 0.618. The maximum atomic E-state index is 12.1. The number of benzene rings is 1. The molecule has 1 aromatic carbocycles. The first-order chi connectivity index (χ1) is 8.00. The molecular weight excluding hydrogens is 220 g/mol. The number of aromatic hydroxyl groups is 1. The van der Waals surface area contributed by atoms with Crippen molar-refractivity contribution in [3.05, 3.63) is 29.3 Å². The lowest BCUT2D eigenvalue weighted by Gasteiger charge is -2.32. The molecule has 0 radical (unpaired) electrons. The third-order valence-corrected chi connectivity index (χ3v) is 3.08. The zero-order valence-corrected chi connectivity index (χ0v) is 9.51. The fraction of sp³-hybridized carbons (Fsp3) is 0.333. The molecule has 2 rings (SSSR count). The average molecular weight is 234 g/mol. The van der Waals surface area contributed by atoms with E-state index in [1.807, 2.05) is 0 Å². The fourth-order valence-electron chi connectivity index (χ4n) is 2.02. The van der Waals surface area contributed by atoms with Gasteiger partial charge in [0.1, 0.15) is 11.8 Å². The number of nitrogens with zero attached hydrogens (tertiary/aromatic N) is 1. The van der Waals surface area contributed by atoms with Gasteiger partial charge in [0.05, 0.1) is 0 Å². The van der Waals surface area contributed by atoms with Gasteiger partial charge < -0.3 is 15.7 Å². The van der Waals surface area contributed by atoms with Gasteiger partial charge in [-0.05, 0) is 37.1 Å². The Bertz CT molecular complexity index is 485. The average Bonchev–Trinajstić information content (AvgIpc) is 2.28. The van der Waals surface area contributed by atoms with Crippen LogP contribution < -0.4 is 5.73 Å². The standard InChI is InChI=1S/C12H14N2O3/c1-7(11(13)16)14-5-4-8-6-9(15)2-3-10(8)12(14)17/h2-3,6-7,15H,4-5H2,1H3,(H2,13,16). The van der Waals surface area contributed by atoms with Gasteiger partial charge in [0.25, 0.3) is 5.91 Å². The maximum absolute atomic E-state index is 12.1. The van der Waals surface area contributed by atoms with Crippen LogP contribution in [0.3, 0.4) is 0 Å². The minimum atomic E-state index is -0.607. The van der Waals surface area contributed by atoms with Crippen molar-refractivity contribution in [3.8, 4) is 5.75 Å². The third kappa shape index (κ3) is 1.95. The normalized spacial score (nSPS) is 16.5. The van der Waals surface area contributed by atoms with Gasteiger partial charge in [-0.3, -0.25) is 9.59 Å². The van der Waals surface area contributed by atoms with Crippen LogP contribution in [0, 0.1) is 0 Å². The first-order valence-corrected chi connectivity index (χ1v) is 5.43. The summed E-state index contributed by atoms with van der Waals surface area (Å²) >= 11 is 0. The Labute approximate surface area is 98.8 Å². The van der Waals surface area contributed by atoms with Crippen molar-refractivity contribution >= 4 is 11.8 Å². The molecule has 0 saturated carbocycles. The number of rotatable bonds is 2. The van der Waals surface area contributed by atoms with Gasteiger partial charge >= 0.3 is 0 Å². The molecule has 2 amide bonds. The lowest BCUT2D eigenvalue weighted by molar-refractivity contribution is -0.122. The Morgan fingerprint density at radius 2 is 2.24 bits per heavy atom. The van der Waals surface area contributed by atoms with E-state index in [9.17, 15) is 14.7 Å². The number of nitrogens with two attached hydrogens (primary N) is 1. The van der Waals surface area contributed by atoms with Gasteiger partial charge in [-0.25, -0.2) is 0 Å². The van der Waals surface area contributed by atoms with Crippen molar-refractivity contribution in [1.29, 1.82) is 0 Å². The molecule has 0 spiro atoms. The van der Waals surface area contributed by atoms with Gasteiger partial charge in [0, 0.05) is 12.1 Å². The summed E-state index contributed by atoms with van der Waals surface area (Å²) in [5.41, 5.74) is 6.54. The molecule has 0 saturated heterocycles. The van der Waals surface area contributed by atoms with Crippen molar-refractivity contribution in [2.24, 2.45) is 5.73 Å². The first-order valence-electron chi connectivity index (χ1n) is 5.43. The number of hydrogen-bond acceptors (Lipinski definition) is 3. The van der Waals surface area contributed by atoms with Crippen LogP contribution in [0.4, 0.5) is 0 Å². The molecule has 1 aromatic rings. The molecular formula is C12H14N2O3. The third-order valence-electron chi connectivity index (χ3n) is 3.08. The van der Waals surface area contributed by atoms with Crippen LogP contribution in [0.15, 0.2) is 18.2 Å². The van der Waals surface area contributed by atoms with E-state index >= 15 is 0 Å². The highest BCUT2D eigenvalue weighted by Gasteiger charge is 2.30.